The second-order valence-electron chi connectivity index (χ2n) is 9.76. The number of carbonyl (C=O) groups is 1. The van der Waals surface area contributed by atoms with Crippen LogP contribution in [0.3, 0.4) is 0 Å². The number of amides is 1. The number of nitrogens with zero attached hydrogens (tertiary/aromatic N) is 3. The van der Waals surface area contributed by atoms with Crippen LogP contribution in [0.15, 0.2) is 66.7 Å². The minimum Gasteiger partial charge on any atom is -0.497 e. The number of anilines is 1. The van der Waals surface area contributed by atoms with Crippen molar-refractivity contribution in [2.75, 3.05) is 25.2 Å². The fourth-order valence-electron chi connectivity index (χ4n) is 5.02. The van der Waals surface area contributed by atoms with Crippen LogP contribution in [0.2, 0.25) is 0 Å². The second-order valence-corrected chi connectivity index (χ2v) is 9.76. The van der Waals surface area contributed by atoms with Gasteiger partial charge in [0, 0.05) is 24.6 Å². The van der Waals surface area contributed by atoms with Crippen LogP contribution in [0, 0.1) is 6.92 Å². The van der Waals surface area contributed by atoms with Gasteiger partial charge in [0.25, 0.3) is 0 Å². The Kier molecular flexibility index (Phi) is 6.68. The molecule has 0 saturated carbocycles. The molecule has 2 heterocycles. The van der Waals surface area contributed by atoms with E-state index in [1.165, 1.54) is 11.1 Å². The average molecular weight is 484 g/mol. The topological polar surface area (TPSA) is 56.6 Å². The molecule has 1 fully saturated rings. The van der Waals surface area contributed by atoms with E-state index in [1.807, 2.05) is 47.4 Å². The van der Waals surface area contributed by atoms with Gasteiger partial charge in [-0.3, -0.25) is 4.79 Å². The third-order valence-electron chi connectivity index (χ3n) is 6.92. The Morgan fingerprint density at radius 3 is 2.58 bits per heavy atom. The number of carbonyl (C=O) groups excluding carboxylic acids is 1. The van der Waals surface area contributed by atoms with Crippen molar-refractivity contribution in [3.05, 3.63) is 83.7 Å². The van der Waals surface area contributed by atoms with E-state index in [9.17, 15) is 4.79 Å². The maximum atomic E-state index is 13.0. The van der Waals surface area contributed by atoms with Crippen LogP contribution in [-0.4, -0.2) is 35.7 Å². The van der Waals surface area contributed by atoms with Crippen LogP contribution in [0.5, 0.6) is 11.5 Å². The predicted molar refractivity (Wildman–Crippen MR) is 143 cm³/mol. The number of rotatable bonds is 8. The Bertz CT molecular complexity index is 1370. The highest BCUT2D eigenvalue weighted by Gasteiger charge is 2.34. The van der Waals surface area contributed by atoms with Crippen molar-refractivity contribution in [1.82, 2.24) is 9.55 Å². The third-order valence-corrected chi connectivity index (χ3v) is 6.92. The Morgan fingerprint density at radius 2 is 1.83 bits per heavy atom. The lowest BCUT2D eigenvalue weighted by Crippen LogP contribution is -2.24. The van der Waals surface area contributed by atoms with E-state index in [0.717, 1.165) is 34.0 Å². The number of aryl methyl sites for hydroxylation is 1. The standard InChI is InChI=1S/C30H33N3O3/c1-20(2)25-14-9-21(3)17-28(25)36-16-15-32-27-8-6-5-7-26(27)31-30(32)22-18-29(34)33(19-22)23-10-12-24(35-4)13-11-23/h5-14,17,20,22H,15-16,18-19H2,1-4H3. The molecule has 6 nitrogen and oxygen atoms in total. The molecule has 5 rings (SSSR count). The van der Waals surface area contributed by atoms with Gasteiger partial charge in [0.2, 0.25) is 5.91 Å². The molecule has 0 N–H and O–H groups in total. The number of imidazole rings is 1. The number of ether oxygens (including phenoxy) is 2. The zero-order valence-electron chi connectivity index (χ0n) is 21.4. The van der Waals surface area contributed by atoms with E-state index in [1.54, 1.807) is 7.11 Å². The summed E-state index contributed by atoms with van der Waals surface area (Å²) in [6.07, 6.45) is 0.436. The van der Waals surface area contributed by atoms with Gasteiger partial charge in [0.1, 0.15) is 23.9 Å². The highest BCUT2D eigenvalue weighted by Crippen LogP contribution is 2.34. The molecule has 4 aromatic rings. The van der Waals surface area contributed by atoms with Gasteiger partial charge in [0.05, 0.1) is 24.7 Å². The van der Waals surface area contributed by atoms with Gasteiger partial charge in [-0.2, -0.15) is 0 Å². The fourth-order valence-corrected chi connectivity index (χ4v) is 5.02. The number of para-hydroxylation sites is 2. The highest BCUT2D eigenvalue weighted by molar-refractivity contribution is 5.96. The molecule has 186 valence electrons. The number of methoxy groups -OCH3 is 1. The van der Waals surface area contributed by atoms with Gasteiger partial charge in [-0.15, -0.1) is 0 Å². The first-order valence-electron chi connectivity index (χ1n) is 12.6. The van der Waals surface area contributed by atoms with Gasteiger partial charge in [-0.1, -0.05) is 38.1 Å². The Labute approximate surface area is 212 Å². The average Bonchev–Trinajstić information content (AvgIpc) is 3.44. The first kappa shape index (κ1) is 23.9. The molecular formula is C30H33N3O3. The number of hydrogen-bond donors (Lipinski definition) is 0. The lowest BCUT2D eigenvalue weighted by atomic mass is 10.0. The summed E-state index contributed by atoms with van der Waals surface area (Å²) in [5.41, 5.74) is 5.30. The number of fused-ring (bicyclic) bond motifs is 1. The molecule has 1 aromatic heterocycles. The minimum atomic E-state index is 0.0113. The van der Waals surface area contributed by atoms with Crippen LogP contribution in [-0.2, 0) is 11.3 Å². The first-order valence-corrected chi connectivity index (χ1v) is 12.6. The second kappa shape index (κ2) is 10.1. The van der Waals surface area contributed by atoms with E-state index < -0.39 is 0 Å². The van der Waals surface area contributed by atoms with E-state index in [-0.39, 0.29) is 11.8 Å². The van der Waals surface area contributed by atoms with Crippen molar-refractivity contribution in [3.8, 4) is 11.5 Å². The van der Waals surface area contributed by atoms with Crippen LogP contribution in [0.4, 0.5) is 5.69 Å². The Morgan fingerprint density at radius 1 is 1.06 bits per heavy atom. The quantitative estimate of drug-likeness (QED) is 0.305. The molecule has 1 aliphatic rings. The van der Waals surface area contributed by atoms with Crippen molar-refractivity contribution < 1.29 is 14.3 Å². The molecule has 1 aliphatic heterocycles. The largest absolute Gasteiger partial charge is 0.497 e. The van der Waals surface area contributed by atoms with E-state index in [2.05, 4.69) is 49.6 Å². The normalized spacial score (nSPS) is 15.8. The Hall–Kier alpha value is -3.80. The van der Waals surface area contributed by atoms with Gasteiger partial charge in [0.15, 0.2) is 0 Å². The molecule has 36 heavy (non-hydrogen) atoms. The van der Waals surface area contributed by atoms with Crippen molar-refractivity contribution in [2.45, 2.75) is 45.6 Å². The maximum Gasteiger partial charge on any atom is 0.227 e. The molecule has 0 spiro atoms. The van der Waals surface area contributed by atoms with Crippen molar-refractivity contribution in [1.29, 1.82) is 0 Å². The number of benzene rings is 3. The molecule has 0 radical (unpaired) electrons. The van der Waals surface area contributed by atoms with Crippen LogP contribution >= 0.6 is 0 Å². The summed E-state index contributed by atoms with van der Waals surface area (Å²) in [5.74, 6) is 3.17. The monoisotopic (exact) mass is 483 g/mol. The zero-order valence-corrected chi connectivity index (χ0v) is 21.4. The van der Waals surface area contributed by atoms with E-state index in [0.29, 0.717) is 32.0 Å². The van der Waals surface area contributed by atoms with Crippen LogP contribution in [0.25, 0.3) is 11.0 Å². The molecular weight excluding hydrogens is 450 g/mol. The Balaban J connectivity index is 1.39. The summed E-state index contributed by atoms with van der Waals surface area (Å²) in [5, 5.41) is 0. The lowest BCUT2D eigenvalue weighted by molar-refractivity contribution is -0.117. The maximum absolute atomic E-state index is 13.0. The van der Waals surface area contributed by atoms with E-state index >= 15 is 0 Å². The minimum absolute atomic E-state index is 0.0113. The molecule has 1 unspecified atom stereocenters. The van der Waals surface area contributed by atoms with Crippen LogP contribution in [0.1, 0.15) is 49.1 Å². The molecule has 1 amide bonds. The van der Waals surface area contributed by atoms with Crippen molar-refractivity contribution in [2.24, 2.45) is 0 Å². The predicted octanol–water partition coefficient (Wildman–Crippen LogP) is 6.08. The van der Waals surface area contributed by atoms with Gasteiger partial charge >= 0.3 is 0 Å². The summed E-state index contributed by atoms with van der Waals surface area (Å²) in [6.45, 7) is 8.25. The van der Waals surface area contributed by atoms with Crippen LogP contribution < -0.4 is 14.4 Å². The van der Waals surface area contributed by atoms with Crippen molar-refractivity contribution in [3.63, 3.8) is 0 Å². The lowest BCUT2D eigenvalue weighted by Gasteiger charge is -2.18. The zero-order chi connectivity index (χ0) is 25.2. The molecule has 1 saturated heterocycles. The first-order chi connectivity index (χ1) is 17.4. The summed E-state index contributed by atoms with van der Waals surface area (Å²) in [6, 6.07) is 22.2. The molecule has 0 aliphatic carbocycles. The SMILES string of the molecule is COc1ccc(N2CC(c3nc4ccccc4n3CCOc3cc(C)ccc3C(C)C)CC2=O)cc1. The third kappa shape index (κ3) is 4.68. The molecule has 0 bridgehead atoms. The van der Waals surface area contributed by atoms with Gasteiger partial charge < -0.3 is 18.9 Å². The molecule has 1 atom stereocenters. The summed E-state index contributed by atoms with van der Waals surface area (Å²) in [4.78, 5) is 19.8. The summed E-state index contributed by atoms with van der Waals surface area (Å²) in [7, 11) is 1.64. The van der Waals surface area contributed by atoms with E-state index in [4.69, 9.17) is 14.5 Å². The molecule has 6 heteroatoms. The number of hydrogen-bond acceptors (Lipinski definition) is 4. The molecule has 3 aromatic carbocycles. The van der Waals surface area contributed by atoms with Crippen molar-refractivity contribution >= 4 is 22.6 Å². The highest BCUT2D eigenvalue weighted by atomic mass is 16.5. The summed E-state index contributed by atoms with van der Waals surface area (Å²) >= 11 is 0. The van der Waals surface area contributed by atoms with Gasteiger partial charge in [-0.25, -0.2) is 4.98 Å². The van der Waals surface area contributed by atoms with Gasteiger partial charge in [-0.05, 0) is 66.4 Å². The smallest absolute Gasteiger partial charge is 0.227 e. The summed E-state index contributed by atoms with van der Waals surface area (Å²) < 4.78 is 13.8. The number of aromatic nitrogens is 2. The fraction of sp³-hybridized carbons (Fsp3) is 0.333.